The molecule has 0 aromatic carbocycles. The summed E-state index contributed by atoms with van der Waals surface area (Å²) in [6.07, 6.45) is -0.0190. The van der Waals surface area contributed by atoms with Crippen LogP contribution < -0.4 is 10.5 Å². The van der Waals surface area contributed by atoms with Crippen LogP contribution in [0.4, 0.5) is 19.1 Å². The van der Waals surface area contributed by atoms with Crippen molar-refractivity contribution in [2.75, 3.05) is 44.3 Å². The van der Waals surface area contributed by atoms with Crippen LogP contribution in [0.25, 0.3) is 10.9 Å². The Labute approximate surface area is 197 Å². The van der Waals surface area contributed by atoms with E-state index in [0.29, 0.717) is 32.1 Å². The van der Waals surface area contributed by atoms with Gasteiger partial charge in [-0.15, -0.1) is 0 Å². The zero-order valence-electron chi connectivity index (χ0n) is 19.2. The molecular formula is C21H25F3N8O3. The van der Waals surface area contributed by atoms with Crippen LogP contribution in [0, 0.1) is 6.92 Å². The van der Waals surface area contributed by atoms with E-state index >= 15 is 0 Å². The Hall–Kier alpha value is -3.55. The van der Waals surface area contributed by atoms with Gasteiger partial charge in [-0.25, -0.2) is 15.1 Å². The van der Waals surface area contributed by atoms with Crippen molar-refractivity contribution in [1.82, 2.24) is 34.8 Å². The Morgan fingerprint density at radius 2 is 1.86 bits per heavy atom. The molecule has 1 amide bonds. The van der Waals surface area contributed by atoms with Crippen molar-refractivity contribution in [3.63, 3.8) is 0 Å². The number of nitrogens with zero attached hydrogens (tertiary/aromatic N) is 7. The van der Waals surface area contributed by atoms with Crippen molar-refractivity contribution in [3.05, 3.63) is 40.2 Å². The zero-order valence-corrected chi connectivity index (χ0v) is 19.2. The number of carbonyl (C=O) groups is 1. The summed E-state index contributed by atoms with van der Waals surface area (Å²) in [6.45, 7) is 5.95. The highest BCUT2D eigenvalue weighted by Crippen LogP contribution is 2.33. The number of carbonyl (C=O) groups excluding carboxylic acids is 1. The number of ether oxygens (including phenoxy) is 1. The molecule has 1 fully saturated rings. The molecule has 1 saturated heterocycles. The standard InChI is InChI=1S/C21H25F3N8O3/c1-13-9-25-20(26-10-13)31-6-4-30(5-7-31)16(33)3-8-35-12-14(2)32-15-11-27-28-19(34)17(15)18(29-32)21(22,23)24/h9-11,14H,3-8,12H2,1-2H3,(H,28,34). The monoisotopic (exact) mass is 494 g/mol. The Bertz CT molecular complexity index is 1230. The largest absolute Gasteiger partial charge is 0.435 e. The first-order chi connectivity index (χ1) is 16.6. The third-order valence-corrected chi connectivity index (χ3v) is 5.72. The lowest BCUT2D eigenvalue weighted by Crippen LogP contribution is -2.49. The van der Waals surface area contributed by atoms with Crippen LogP contribution in [0.1, 0.15) is 30.6 Å². The molecule has 1 N–H and O–H groups in total. The minimum absolute atomic E-state index is 0.00664. The fraction of sp³-hybridized carbons (Fsp3) is 0.524. The van der Waals surface area contributed by atoms with Crippen LogP contribution in [0.5, 0.6) is 0 Å². The van der Waals surface area contributed by atoms with Crippen LogP contribution in [0.2, 0.25) is 0 Å². The number of alkyl halides is 3. The van der Waals surface area contributed by atoms with Gasteiger partial charge >= 0.3 is 6.18 Å². The van der Waals surface area contributed by atoms with Crippen molar-refractivity contribution in [2.45, 2.75) is 32.5 Å². The van der Waals surface area contributed by atoms with Crippen molar-refractivity contribution < 1.29 is 22.7 Å². The number of hydrogen-bond donors (Lipinski definition) is 1. The van der Waals surface area contributed by atoms with E-state index in [1.165, 1.54) is 0 Å². The minimum Gasteiger partial charge on any atom is -0.379 e. The average Bonchev–Trinajstić information content (AvgIpc) is 3.24. The second-order valence-electron chi connectivity index (χ2n) is 8.35. The van der Waals surface area contributed by atoms with Crippen LogP contribution in [-0.4, -0.2) is 80.1 Å². The number of halogens is 3. The highest BCUT2D eigenvalue weighted by atomic mass is 19.4. The summed E-state index contributed by atoms with van der Waals surface area (Å²) in [5.41, 5.74) is -1.30. The van der Waals surface area contributed by atoms with E-state index in [9.17, 15) is 22.8 Å². The third-order valence-electron chi connectivity index (χ3n) is 5.72. The SMILES string of the molecule is Cc1cnc(N2CCN(C(=O)CCOCC(C)n3nc(C(F)(F)F)c4c(=O)[nH]ncc43)CC2)nc1. The number of piperazine rings is 1. The van der Waals surface area contributed by atoms with E-state index in [4.69, 9.17) is 4.74 Å². The van der Waals surface area contributed by atoms with Crippen LogP contribution in [0.3, 0.4) is 0 Å². The summed E-state index contributed by atoms with van der Waals surface area (Å²) < 4.78 is 46.7. The molecule has 188 valence electrons. The number of aromatic nitrogens is 6. The number of fused-ring (bicyclic) bond motifs is 1. The van der Waals surface area contributed by atoms with Gasteiger partial charge in [-0.2, -0.15) is 23.4 Å². The maximum Gasteiger partial charge on any atom is 0.435 e. The number of aromatic amines is 1. The summed E-state index contributed by atoms with van der Waals surface area (Å²) in [4.78, 5) is 36.8. The fourth-order valence-electron chi connectivity index (χ4n) is 3.88. The molecule has 1 aliphatic rings. The van der Waals surface area contributed by atoms with Crippen molar-refractivity contribution in [3.8, 4) is 0 Å². The van der Waals surface area contributed by atoms with E-state index in [2.05, 4.69) is 20.2 Å². The summed E-state index contributed by atoms with van der Waals surface area (Å²) in [7, 11) is 0. The molecule has 0 saturated carbocycles. The van der Waals surface area contributed by atoms with E-state index in [-0.39, 0.29) is 31.1 Å². The first-order valence-corrected chi connectivity index (χ1v) is 11.1. The molecule has 0 spiro atoms. The van der Waals surface area contributed by atoms with E-state index in [1.54, 1.807) is 24.2 Å². The lowest BCUT2D eigenvalue weighted by Gasteiger charge is -2.34. The minimum atomic E-state index is -4.79. The summed E-state index contributed by atoms with van der Waals surface area (Å²) >= 11 is 0. The Balaban J connectivity index is 1.28. The summed E-state index contributed by atoms with van der Waals surface area (Å²) in [6, 6.07) is -0.620. The van der Waals surface area contributed by atoms with Gasteiger partial charge in [-0.3, -0.25) is 14.3 Å². The maximum atomic E-state index is 13.4. The number of amides is 1. The zero-order chi connectivity index (χ0) is 25.2. The van der Waals surface area contributed by atoms with Gasteiger partial charge in [-0.05, 0) is 19.4 Å². The Morgan fingerprint density at radius 3 is 2.51 bits per heavy atom. The van der Waals surface area contributed by atoms with Gasteiger partial charge in [0.1, 0.15) is 5.39 Å². The van der Waals surface area contributed by atoms with Gasteiger partial charge in [-0.1, -0.05) is 0 Å². The molecule has 4 heterocycles. The Kier molecular flexibility index (Phi) is 7.00. The first-order valence-electron chi connectivity index (χ1n) is 11.1. The molecule has 35 heavy (non-hydrogen) atoms. The van der Waals surface area contributed by atoms with Gasteiger partial charge < -0.3 is 14.5 Å². The molecule has 3 aromatic rings. The fourth-order valence-corrected chi connectivity index (χ4v) is 3.88. The van der Waals surface area contributed by atoms with Crippen molar-refractivity contribution in [1.29, 1.82) is 0 Å². The number of rotatable bonds is 7. The molecule has 1 atom stereocenters. The Morgan fingerprint density at radius 1 is 1.17 bits per heavy atom. The van der Waals surface area contributed by atoms with E-state index in [1.807, 2.05) is 16.9 Å². The van der Waals surface area contributed by atoms with Gasteiger partial charge in [0.15, 0.2) is 5.69 Å². The number of nitrogens with one attached hydrogen (secondary N) is 1. The van der Waals surface area contributed by atoms with Gasteiger partial charge in [0.05, 0.1) is 37.4 Å². The highest BCUT2D eigenvalue weighted by Gasteiger charge is 2.38. The van der Waals surface area contributed by atoms with Crippen LogP contribution >= 0.6 is 0 Å². The molecule has 0 radical (unpaired) electrons. The molecule has 1 aliphatic heterocycles. The maximum absolute atomic E-state index is 13.4. The molecule has 0 aliphatic carbocycles. The smallest absolute Gasteiger partial charge is 0.379 e. The number of H-pyrrole nitrogens is 1. The van der Waals surface area contributed by atoms with E-state index < -0.39 is 28.9 Å². The number of anilines is 1. The third kappa shape index (κ3) is 5.42. The average molecular weight is 494 g/mol. The molecule has 1 unspecified atom stereocenters. The lowest BCUT2D eigenvalue weighted by atomic mass is 10.2. The topological polar surface area (TPSA) is 122 Å². The predicted molar refractivity (Wildman–Crippen MR) is 119 cm³/mol. The van der Waals surface area contributed by atoms with Crippen LogP contribution in [-0.2, 0) is 15.7 Å². The molecule has 0 bridgehead atoms. The van der Waals surface area contributed by atoms with E-state index in [0.717, 1.165) is 16.4 Å². The number of hydrogen-bond acceptors (Lipinski definition) is 8. The van der Waals surface area contributed by atoms with Crippen molar-refractivity contribution >= 4 is 22.8 Å². The van der Waals surface area contributed by atoms with Gasteiger partial charge in [0, 0.05) is 38.6 Å². The summed E-state index contributed by atoms with van der Waals surface area (Å²) in [5, 5.41) is 8.63. The van der Waals surface area contributed by atoms with Gasteiger partial charge in [0.25, 0.3) is 5.56 Å². The quantitative estimate of drug-likeness (QED) is 0.491. The second-order valence-corrected chi connectivity index (χ2v) is 8.35. The molecular weight excluding hydrogens is 469 g/mol. The number of aryl methyl sites for hydroxylation is 1. The van der Waals surface area contributed by atoms with Gasteiger partial charge in [0.2, 0.25) is 11.9 Å². The summed E-state index contributed by atoms with van der Waals surface area (Å²) in [5.74, 6) is 0.568. The first kappa shape index (κ1) is 24.6. The second kappa shape index (κ2) is 9.98. The molecule has 11 nitrogen and oxygen atoms in total. The van der Waals surface area contributed by atoms with Crippen molar-refractivity contribution in [2.24, 2.45) is 0 Å². The molecule has 3 aromatic heterocycles. The normalized spacial score (nSPS) is 15.6. The molecule has 14 heteroatoms. The molecule has 4 rings (SSSR count). The lowest BCUT2D eigenvalue weighted by molar-refractivity contribution is -0.140. The predicted octanol–water partition coefficient (Wildman–Crippen LogP) is 1.55. The highest BCUT2D eigenvalue weighted by molar-refractivity contribution is 5.80. The van der Waals surface area contributed by atoms with Crippen LogP contribution in [0.15, 0.2) is 23.4 Å².